The number of rotatable bonds is 4. The molecule has 5 rings (SSSR count). The number of halogens is 2. The summed E-state index contributed by atoms with van der Waals surface area (Å²) in [6, 6.07) is 13.5. The van der Waals surface area contributed by atoms with Crippen molar-refractivity contribution in [3.8, 4) is 5.75 Å². The molecule has 140 valence electrons. The summed E-state index contributed by atoms with van der Waals surface area (Å²) in [7, 11) is 0. The van der Waals surface area contributed by atoms with Gasteiger partial charge in [0.15, 0.2) is 0 Å². The zero-order valence-corrected chi connectivity index (χ0v) is 16.1. The number of hydrogen-bond acceptors (Lipinski definition) is 3. The van der Waals surface area contributed by atoms with Gasteiger partial charge in [-0.25, -0.2) is 4.39 Å². The number of amides is 1. The Balaban J connectivity index is 1.46. The molecule has 2 heterocycles. The van der Waals surface area contributed by atoms with E-state index in [1.807, 2.05) is 36.4 Å². The van der Waals surface area contributed by atoms with Gasteiger partial charge in [-0.3, -0.25) is 4.79 Å². The average molecular weight is 432 g/mol. The van der Waals surface area contributed by atoms with Crippen LogP contribution in [0, 0.1) is 11.8 Å². The Kier molecular flexibility index (Phi) is 4.20. The predicted octanol–water partition coefficient (Wildman–Crippen LogP) is 3.69. The summed E-state index contributed by atoms with van der Waals surface area (Å²) in [5.74, 6) is 1.18. The third-order valence-corrected chi connectivity index (χ3v) is 6.46. The highest BCUT2D eigenvalue weighted by Gasteiger charge is 2.54. The molecule has 5 atom stereocenters. The molecule has 6 heteroatoms. The third-order valence-electron chi connectivity index (χ3n) is 5.87. The Morgan fingerprint density at radius 3 is 2.63 bits per heavy atom. The van der Waals surface area contributed by atoms with Gasteiger partial charge >= 0.3 is 0 Å². The van der Waals surface area contributed by atoms with Crippen molar-refractivity contribution in [3.05, 3.63) is 63.6 Å². The maximum atomic E-state index is 13.7. The second kappa shape index (κ2) is 6.60. The minimum Gasteiger partial charge on any atom is -0.485 e. The molecule has 2 aliphatic heterocycles. The second-order valence-corrected chi connectivity index (χ2v) is 8.29. The Labute approximate surface area is 165 Å². The van der Waals surface area contributed by atoms with E-state index in [-0.39, 0.29) is 17.9 Å². The van der Waals surface area contributed by atoms with Gasteiger partial charge in [0.05, 0.1) is 23.6 Å². The Morgan fingerprint density at radius 2 is 1.93 bits per heavy atom. The summed E-state index contributed by atoms with van der Waals surface area (Å²) in [6.45, 7) is 0.866. The van der Waals surface area contributed by atoms with Gasteiger partial charge in [-0.1, -0.05) is 30.3 Å². The molecule has 2 fully saturated rings. The van der Waals surface area contributed by atoms with Crippen LogP contribution < -0.4 is 10.1 Å². The quantitative estimate of drug-likeness (QED) is 0.802. The molecule has 1 amide bonds. The molecule has 0 bridgehead atoms. The van der Waals surface area contributed by atoms with Crippen LogP contribution in [0.2, 0.25) is 0 Å². The molecule has 2 aromatic carbocycles. The van der Waals surface area contributed by atoms with E-state index in [2.05, 4.69) is 21.2 Å². The first-order valence-corrected chi connectivity index (χ1v) is 9.96. The van der Waals surface area contributed by atoms with E-state index in [9.17, 15) is 9.18 Å². The first-order chi connectivity index (χ1) is 13.2. The van der Waals surface area contributed by atoms with Crippen LogP contribution in [-0.4, -0.2) is 37.9 Å². The lowest BCUT2D eigenvalue weighted by Gasteiger charge is -2.16. The summed E-state index contributed by atoms with van der Waals surface area (Å²) >= 11 is 3.51. The van der Waals surface area contributed by atoms with Crippen LogP contribution in [0.1, 0.15) is 27.4 Å². The molecule has 1 N–H and O–H groups in total. The van der Waals surface area contributed by atoms with Gasteiger partial charge in [0.1, 0.15) is 18.5 Å². The molecule has 2 aromatic rings. The fraction of sp³-hybridized carbons (Fsp3) is 0.381. The Morgan fingerprint density at radius 1 is 1.19 bits per heavy atom. The molecule has 4 nitrogen and oxygen atoms in total. The second-order valence-electron chi connectivity index (χ2n) is 7.44. The van der Waals surface area contributed by atoms with Crippen LogP contribution in [0.15, 0.2) is 46.9 Å². The minimum atomic E-state index is -0.590. The number of benzene rings is 2. The Hall–Kier alpha value is -1.92. The van der Waals surface area contributed by atoms with Crippen molar-refractivity contribution in [1.29, 1.82) is 0 Å². The van der Waals surface area contributed by atoms with Crippen LogP contribution in [0.4, 0.5) is 4.39 Å². The van der Waals surface area contributed by atoms with Gasteiger partial charge in [0.2, 0.25) is 0 Å². The van der Waals surface area contributed by atoms with Crippen LogP contribution in [0.3, 0.4) is 0 Å². The van der Waals surface area contributed by atoms with E-state index in [1.54, 1.807) is 6.07 Å². The van der Waals surface area contributed by atoms with Crippen molar-refractivity contribution in [2.75, 3.05) is 19.9 Å². The van der Waals surface area contributed by atoms with E-state index >= 15 is 0 Å². The molecule has 27 heavy (non-hydrogen) atoms. The fourth-order valence-electron chi connectivity index (χ4n) is 4.38. The third kappa shape index (κ3) is 2.86. The summed E-state index contributed by atoms with van der Waals surface area (Å²) in [4.78, 5) is 12.8. The van der Waals surface area contributed by atoms with Gasteiger partial charge in [-0.15, -0.1) is 0 Å². The van der Waals surface area contributed by atoms with E-state index in [1.165, 1.54) is 0 Å². The van der Waals surface area contributed by atoms with Crippen LogP contribution in [0.25, 0.3) is 0 Å². The predicted molar refractivity (Wildman–Crippen MR) is 102 cm³/mol. The van der Waals surface area contributed by atoms with Crippen molar-refractivity contribution in [2.24, 2.45) is 11.8 Å². The zero-order chi connectivity index (χ0) is 18.5. The molecular weight excluding hydrogens is 413 g/mol. The van der Waals surface area contributed by atoms with Crippen molar-refractivity contribution in [1.82, 2.24) is 5.32 Å². The molecular formula is C21H19BrFNO3. The lowest BCUT2D eigenvalue weighted by molar-refractivity contribution is 0.0929. The summed E-state index contributed by atoms with van der Waals surface area (Å²) in [5, 5.41) is 3.12. The standard InChI is InChI=1S/C21H19BrFNO3/c22-16-7-12(21(25)24-19-14-9-26-10-15(14)19)6-13-18(11-4-2-1-3-5-11)17(8-23)27-20(13)16/h1-7,14-15,17-19H,8-10H2,(H,24,25)/t14-,15+,17-,18+,19+/m1/s1. The minimum absolute atomic E-state index is 0.103. The average Bonchev–Trinajstić information content (AvgIpc) is 3.05. The maximum Gasteiger partial charge on any atom is 0.251 e. The van der Waals surface area contributed by atoms with Gasteiger partial charge in [0.25, 0.3) is 5.91 Å². The van der Waals surface area contributed by atoms with Crippen LogP contribution in [-0.2, 0) is 4.74 Å². The van der Waals surface area contributed by atoms with Crippen molar-refractivity contribution < 1.29 is 18.7 Å². The highest BCUT2D eigenvalue weighted by molar-refractivity contribution is 9.10. The monoisotopic (exact) mass is 431 g/mol. The first-order valence-electron chi connectivity index (χ1n) is 9.17. The molecule has 3 aliphatic rings. The van der Waals surface area contributed by atoms with Crippen molar-refractivity contribution in [3.63, 3.8) is 0 Å². The molecule has 0 spiro atoms. The number of carbonyl (C=O) groups excluding carboxylic acids is 1. The molecule has 1 aliphatic carbocycles. The van der Waals surface area contributed by atoms with Crippen molar-refractivity contribution in [2.45, 2.75) is 18.1 Å². The van der Waals surface area contributed by atoms with Gasteiger partial charge in [-0.05, 0) is 33.6 Å². The lowest BCUT2D eigenvalue weighted by atomic mass is 9.88. The number of fused-ring (bicyclic) bond motifs is 2. The fourth-order valence-corrected chi connectivity index (χ4v) is 4.95. The van der Waals surface area contributed by atoms with Crippen LogP contribution >= 0.6 is 15.9 Å². The van der Waals surface area contributed by atoms with Gasteiger partial charge in [0, 0.05) is 29.0 Å². The number of nitrogens with one attached hydrogen (secondary N) is 1. The first kappa shape index (κ1) is 17.2. The Bertz CT molecular complexity index is 880. The van der Waals surface area contributed by atoms with E-state index in [0.29, 0.717) is 27.6 Å². The normalized spacial score (nSPS) is 30.4. The molecule has 1 saturated carbocycles. The van der Waals surface area contributed by atoms with E-state index in [4.69, 9.17) is 9.47 Å². The van der Waals surface area contributed by atoms with Crippen LogP contribution in [0.5, 0.6) is 5.75 Å². The van der Waals surface area contributed by atoms with E-state index in [0.717, 1.165) is 24.3 Å². The largest absolute Gasteiger partial charge is 0.485 e. The molecule has 0 radical (unpaired) electrons. The number of carbonyl (C=O) groups is 1. The smallest absolute Gasteiger partial charge is 0.251 e. The molecule has 0 unspecified atom stereocenters. The van der Waals surface area contributed by atoms with Gasteiger partial charge < -0.3 is 14.8 Å². The number of alkyl halides is 1. The lowest BCUT2D eigenvalue weighted by Crippen LogP contribution is -2.30. The summed E-state index contributed by atoms with van der Waals surface area (Å²) in [5.41, 5.74) is 2.40. The molecule has 1 saturated heterocycles. The number of ether oxygens (including phenoxy) is 2. The number of hydrogen-bond donors (Lipinski definition) is 1. The SMILES string of the molecule is O=C(N[C@H]1[C@@H]2COC[C@@H]21)c1cc(Br)c2c(c1)[C@H](c1ccccc1)[C@@H](CF)O2. The highest BCUT2D eigenvalue weighted by Crippen LogP contribution is 2.47. The summed E-state index contributed by atoms with van der Waals surface area (Å²) < 4.78 is 25.6. The maximum absolute atomic E-state index is 13.7. The topological polar surface area (TPSA) is 47.6 Å². The molecule has 0 aromatic heterocycles. The van der Waals surface area contributed by atoms with Crippen molar-refractivity contribution >= 4 is 21.8 Å². The summed E-state index contributed by atoms with van der Waals surface area (Å²) in [6.07, 6.45) is -0.586. The van der Waals surface area contributed by atoms with E-state index < -0.39 is 12.8 Å². The van der Waals surface area contributed by atoms with Gasteiger partial charge in [-0.2, -0.15) is 0 Å². The highest BCUT2D eigenvalue weighted by atomic mass is 79.9. The zero-order valence-electron chi connectivity index (χ0n) is 14.5.